The number of carbonyl (C=O) groups excluding carboxylic acids is 2. The van der Waals surface area contributed by atoms with Crippen molar-refractivity contribution in [2.45, 2.75) is 27.7 Å². The van der Waals surface area contributed by atoms with Crippen molar-refractivity contribution in [2.75, 3.05) is 16.0 Å². The summed E-state index contributed by atoms with van der Waals surface area (Å²) in [6.07, 6.45) is 0. The second-order valence-electron chi connectivity index (χ2n) is 6.72. The molecule has 0 saturated heterocycles. The van der Waals surface area contributed by atoms with Crippen LogP contribution in [0, 0.1) is 27.7 Å². The minimum absolute atomic E-state index is 0.255. The maximum absolute atomic E-state index is 12.8. The van der Waals surface area contributed by atoms with Gasteiger partial charge in [0.15, 0.2) is 5.13 Å². The molecule has 3 aromatic rings. The van der Waals surface area contributed by atoms with Gasteiger partial charge in [-0.15, -0.1) is 0 Å². The van der Waals surface area contributed by atoms with Gasteiger partial charge in [0, 0.05) is 5.69 Å². The Morgan fingerprint density at radius 2 is 1.62 bits per heavy atom. The lowest BCUT2D eigenvalue weighted by atomic mass is 10.1. The zero-order valence-electron chi connectivity index (χ0n) is 16.5. The van der Waals surface area contributed by atoms with E-state index in [1.54, 1.807) is 31.2 Å². The number of anilines is 3. The number of halogens is 1. The van der Waals surface area contributed by atoms with Crippen LogP contribution in [0.1, 0.15) is 32.1 Å². The monoisotopic (exact) mass is 428 g/mol. The highest BCUT2D eigenvalue weighted by atomic mass is 35.5. The highest BCUT2D eigenvalue weighted by molar-refractivity contribution is 7.17. The Labute approximate surface area is 178 Å². The molecule has 0 aliphatic rings. The van der Waals surface area contributed by atoms with E-state index in [2.05, 4.69) is 20.9 Å². The summed E-state index contributed by atoms with van der Waals surface area (Å²) in [5.41, 5.74) is 4.96. The molecule has 0 bridgehead atoms. The molecule has 0 spiro atoms. The number of carbonyl (C=O) groups is 2. The van der Waals surface area contributed by atoms with E-state index < -0.39 is 6.03 Å². The van der Waals surface area contributed by atoms with Gasteiger partial charge in [0.05, 0.1) is 16.4 Å². The number of benzene rings is 2. The highest BCUT2D eigenvalue weighted by Crippen LogP contribution is 2.27. The van der Waals surface area contributed by atoms with Crippen LogP contribution in [0.3, 0.4) is 0 Å². The Kier molecular flexibility index (Phi) is 6.20. The number of thiazole rings is 1. The minimum atomic E-state index is -0.482. The molecule has 8 heteroatoms. The molecule has 0 saturated carbocycles. The molecule has 1 aromatic heterocycles. The number of nitrogens with one attached hydrogen (secondary N) is 3. The maximum Gasteiger partial charge on any atom is 0.325 e. The molecule has 0 radical (unpaired) electrons. The van der Waals surface area contributed by atoms with Crippen molar-refractivity contribution < 1.29 is 9.59 Å². The van der Waals surface area contributed by atoms with E-state index in [-0.39, 0.29) is 5.91 Å². The second kappa shape index (κ2) is 8.63. The number of amides is 3. The molecule has 3 N–H and O–H groups in total. The number of hydrogen-bond donors (Lipinski definition) is 3. The number of aromatic nitrogens is 1. The Balaban J connectivity index is 1.72. The molecule has 150 valence electrons. The Morgan fingerprint density at radius 1 is 0.966 bits per heavy atom. The van der Waals surface area contributed by atoms with E-state index in [0.717, 1.165) is 33.7 Å². The van der Waals surface area contributed by atoms with Gasteiger partial charge in [-0.05, 0) is 51.0 Å². The number of aryl methyl sites for hydroxylation is 4. The van der Waals surface area contributed by atoms with E-state index in [0.29, 0.717) is 26.4 Å². The van der Waals surface area contributed by atoms with Gasteiger partial charge in [0.25, 0.3) is 5.91 Å². The fourth-order valence-electron chi connectivity index (χ4n) is 3.02. The van der Waals surface area contributed by atoms with Gasteiger partial charge in [0.1, 0.15) is 4.88 Å². The lowest BCUT2D eigenvalue weighted by Crippen LogP contribution is -2.19. The summed E-state index contributed by atoms with van der Waals surface area (Å²) in [5, 5.41) is 9.03. The van der Waals surface area contributed by atoms with E-state index in [1.807, 2.05) is 32.9 Å². The zero-order chi connectivity index (χ0) is 21.1. The Morgan fingerprint density at radius 3 is 2.28 bits per heavy atom. The predicted octanol–water partition coefficient (Wildman–Crippen LogP) is 5.93. The summed E-state index contributed by atoms with van der Waals surface area (Å²) >= 11 is 7.16. The largest absolute Gasteiger partial charge is 0.325 e. The summed E-state index contributed by atoms with van der Waals surface area (Å²) < 4.78 is 0. The molecular formula is C21H21ClN4O2S. The van der Waals surface area contributed by atoms with Crippen molar-refractivity contribution in [1.29, 1.82) is 0 Å². The average molecular weight is 429 g/mol. The van der Waals surface area contributed by atoms with Crippen molar-refractivity contribution in [1.82, 2.24) is 4.98 Å². The summed E-state index contributed by atoms with van der Waals surface area (Å²) in [5.74, 6) is -0.255. The minimum Gasteiger partial charge on any atom is -0.321 e. The van der Waals surface area contributed by atoms with E-state index >= 15 is 0 Å². The number of rotatable bonds is 4. The van der Waals surface area contributed by atoms with Crippen molar-refractivity contribution in [3.05, 3.63) is 68.7 Å². The van der Waals surface area contributed by atoms with Gasteiger partial charge in [0.2, 0.25) is 0 Å². The predicted molar refractivity (Wildman–Crippen MR) is 120 cm³/mol. The van der Waals surface area contributed by atoms with Crippen molar-refractivity contribution >= 4 is 51.4 Å². The van der Waals surface area contributed by atoms with Gasteiger partial charge in [-0.2, -0.15) is 0 Å². The van der Waals surface area contributed by atoms with Gasteiger partial charge < -0.3 is 10.6 Å². The number of nitrogens with zero attached hydrogens (tertiary/aromatic N) is 1. The average Bonchev–Trinajstić information content (AvgIpc) is 3.00. The third kappa shape index (κ3) is 4.93. The van der Waals surface area contributed by atoms with E-state index in [9.17, 15) is 9.59 Å². The highest BCUT2D eigenvalue weighted by Gasteiger charge is 2.18. The Bertz CT molecular complexity index is 1070. The molecule has 3 amide bonds. The van der Waals surface area contributed by atoms with Crippen LogP contribution < -0.4 is 16.0 Å². The first-order chi connectivity index (χ1) is 13.7. The maximum atomic E-state index is 12.8. The molecule has 0 atom stereocenters. The van der Waals surface area contributed by atoms with Crippen LogP contribution in [0.5, 0.6) is 0 Å². The van der Waals surface area contributed by atoms with Crippen LogP contribution in [0.25, 0.3) is 0 Å². The molecule has 3 rings (SSSR count). The molecular weight excluding hydrogens is 408 g/mol. The molecule has 0 fully saturated rings. The molecule has 2 aromatic carbocycles. The van der Waals surface area contributed by atoms with Gasteiger partial charge in [-0.1, -0.05) is 52.8 Å². The summed E-state index contributed by atoms with van der Waals surface area (Å²) in [6.45, 7) is 7.67. The SMILES string of the molecule is Cc1cc(C)c(NC(=O)c2sc(NC(=O)Nc3ccccc3Cl)nc2C)c(C)c1. The van der Waals surface area contributed by atoms with Crippen molar-refractivity contribution in [3.8, 4) is 0 Å². The fourth-order valence-corrected chi connectivity index (χ4v) is 4.06. The normalized spacial score (nSPS) is 10.5. The van der Waals surface area contributed by atoms with Crippen molar-refractivity contribution in [2.24, 2.45) is 0 Å². The van der Waals surface area contributed by atoms with Crippen LogP contribution in [0.15, 0.2) is 36.4 Å². The topological polar surface area (TPSA) is 83.1 Å². The molecule has 0 aliphatic heterocycles. The van der Waals surface area contributed by atoms with Crippen LogP contribution >= 0.6 is 22.9 Å². The number of urea groups is 1. The first-order valence-corrected chi connectivity index (χ1v) is 10.1. The molecule has 1 heterocycles. The van der Waals surface area contributed by atoms with Crippen LogP contribution in [-0.4, -0.2) is 16.9 Å². The fraction of sp³-hybridized carbons (Fsp3) is 0.190. The summed E-state index contributed by atoms with van der Waals surface area (Å²) in [7, 11) is 0. The third-order valence-corrected chi connectivity index (χ3v) is 5.66. The first-order valence-electron chi connectivity index (χ1n) is 8.93. The quantitative estimate of drug-likeness (QED) is 0.481. The Hall–Kier alpha value is -2.90. The third-order valence-electron chi connectivity index (χ3n) is 4.26. The lowest BCUT2D eigenvalue weighted by molar-refractivity contribution is 0.102. The van der Waals surface area contributed by atoms with Crippen LogP contribution in [-0.2, 0) is 0 Å². The van der Waals surface area contributed by atoms with Gasteiger partial charge >= 0.3 is 6.03 Å². The lowest BCUT2D eigenvalue weighted by Gasteiger charge is -2.12. The number of hydrogen-bond acceptors (Lipinski definition) is 4. The zero-order valence-corrected chi connectivity index (χ0v) is 18.1. The molecule has 6 nitrogen and oxygen atoms in total. The van der Waals surface area contributed by atoms with E-state index in [1.165, 1.54) is 0 Å². The van der Waals surface area contributed by atoms with Crippen molar-refractivity contribution in [3.63, 3.8) is 0 Å². The summed E-state index contributed by atoms with van der Waals surface area (Å²) in [4.78, 5) is 29.7. The second-order valence-corrected chi connectivity index (χ2v) is 8.13. The van der Waals surface area contributed by atoms with Gasteiger partial charge in [-0.25, -0.2) is 9.78 Å². The number of para-hydroxylation sites is 1. The van der Waals surface area contributed by atoms with Gasteiger partial charge in [-0.3, -0.25) is 10.1 Å². The standard InChI is InChI=1S/C21H21ClN4O2S/c1-11-9-12(2)17(13(3)10-11)25-19(27)18-14(4)23-21(29-18)26-20(28)24-16-8-6-5-7-15(16)22/h5-10H,1-4H3,(H,25,27)(H2,23,24,26,28). The van der Waals surface area contributed by atoms with E-state index in [4.69, 9.17) is 11.6 Å². The van der Waals surface area contributed by atoms with Crippen LogP contribution in [0.2, 0.25) is 5.02 Å². The molecule has 0 unspecified atom stereocenters. The molecule has 29 heavy (non-hydrogen) atoms. The van der Waals surface area contributed by atoms with Crippen LogP contribution in [0.4, 0.5) is 21.3 Å². The summed E-state index contributed by atoms with van der Waals surface area (Å²) in [6, 6.07) is 10.5. The molecule has 0 aliphatic carbocycles. The smallest absolute Gasteiger partial charge is 0.321 e. The first kappa shape index (κ1) is 20.8.